The molecule has 1 aliphatic carbocycles. The molecule has 0 saturated heterocycles. The summed E-state index contributed by atoms with van der Waals surface area (Å²) in [7, 11) is 0. The minimum atomic E-state index is -0.170. The fourth-order valence-corrected chi connectivity index (χ4v) is 4.47. The van der Waals surface area contributed by atoms with Crippen molar-refractivity contribution in [2.24, 2.45) is 0 Å². The molecule has 0 atom stereocenters. The summed E-state index contributed by atoms with van der Waals surface area (Å²) in [5.74, 6) is -0.170. The second-order valence-electron chi connectivity index (χ2n) is 6.07. The lowest BCUT2D eigenvalue weighted by Gasteiger charge is -2.06. The van der Waals surface area contributed by atoms with Gasteiger partial charge in [0.25, 0.3) is 5.91 Å². The van der Waals surface area contributed by atoms with E-state index in [1.54, 1.807) is 11.3 Å². The Kier molecular flexibility index (Phi) is 4.09. The Morgan fingerprint density at radius 2 is 1.72 bits per heavy atom. The van der Waals surface area contributed by atoms with Crippen LogP contribution >= 0.6 is 11.3 Å². The standard InChI is InChI=1S/C21H16N2OS/c22-13-18-17-7-4-8-19(17)25-21(18)23-20(24)16-11-9-15(10-12-16)14-5-2-1-3-6-14/h1-3,5-6,9-12H,4,7-8H2,(H,23,24). The molecular weight excluding hydrogens is 328 g/mol. The van der Waals surface area contributed by atoms with E-state index in [0.717, 1.165) is 36.0 Å². The SMILES string of the molecule is N#Cc1c(NC(=O)c2ccc(-c3ccccc3)cc2)sc2c1CCC2. The first-order valence-corrected chi connectivity index (χ1v) is 9.09. The number of amides is 1. The number of nitrogens with one attached hydrogen (secondary N) is 1. The average molecular weight is 344 g/mol. The Bertz CT molecular complexity index is 966. The van der Waals surface area contributed by atoms with Crippen LogP contribution in [0.5, 0.6) is 0 Å². The zero-order valence-corrected chi connectivity index (χ0v) is 14.4. The van der Waals surface area contributed by atoms with Crippen LogP contribution in [0.1, 0.15) is 32.8 Å². The Morgan fingerprint density at radius 3 is 2.44 bits per heavy atom. The molecule has 25 heavy (non-hydrogen) atoms. The van der Waals surface area contributed by atoms with Crippen LogP contribution in [0.2, 0.25) is 0 Å². The van der Waals surface area contributed by atoms with E-state index in [2.05, 4.69) is 11.4 Å². The third-order valence-electron chi connectivity index (χ3n) is 4.51. The molecule has 0 unspecified atom stereocenters. The minimum absolute atomic E-state index is 0.170. The predicted molar refractivity (Wildman–Crippen MR) is 101 cm³/mol. The van der Waals surface area contributed by atoms with E-state index in [9.17, 15) is 10.1 Å². The van der Waals surface area contributed by atoms with E-state index < -0.39 is 0 Å². The summed E-state index contributed by atoms with van der Waals surface area (Å²) in [6, 6.07) is 19.9. The van der Waals surface area contributed by atoms with Crippen molar-refractivity contribution in [2.75, 3.05) is 5.32 Å². The first kappa shape index (κ1) is 15.6. The van der Waals surface area contributed by atoms with Crippen molar-refractivity contribution in [1.29, 1.82) is 5.26 Å². The fourth-order valence-electron chi connectivity index (χ4n) is 3.23. The summed E-state index contributed by atoms with van der Waals surface area (Å²) in [4.78, 5) is 13.8. The third-order valence-corrected chi connectivity index (χ3v) is 5.72. The Labute approximate surface area is 150 Å². The molecule has 4 heteroatoms. The number of nitriles is 1. The normalized spacial score (nSPS) is 12.4. The zero-order valence-electron chi connectivity index (χ0n) is 13.6. The van der Waals surface area contributed by atoms with Crippen molar-refractivity contribution in [3.8, 4) is 17.2 Å². The molecule has 3 nitrogen and oxygen atoms in total. The molecule has 0 bridgehead atoms. The summed E-state index contributed by atoms with van der Waals surface area (Å²) in [5, 5.41) is 13.0. The largest absolute Gasteiger partial charge is 0.312 e. The average Bonchev–Trinajstić information content (AvgIpc) is 3.23. The highest BCUT2D eigenvalue weighted by Crippen LogP contribution is 2.38. The molecule has 4 rings (SSSR count). The van der Waals surface area contributed by atoms with Gasteiger partial charge in [0.15, 0.2) is 0 Å². The molecule has 0 radical (unpaired) electrons. The summed E-state index contributed by atoms with van der Waals surface area (Å²) < 4.78 is 0. The number of hydrogen-bond acceptors (Lipinski definition) is 3. The van der Waals surface area contributed by atoms with Gasteiger partial charge in [-0.25, -0.2) is 0 Å². The quantitative estimate of drug-likeness (QED) is 0.724. The van der Waals surface area contributed by atoms with Gasteiger partial charge in [-0.05, 0) is 48.1 Å². The molecule has 1 amide bonds. The van der Waals surface area contributed by atoms with Gasteiger partial charge in [0.2, 0.25) is 0 Å². The lowest BCUT2D eigenvalue weighted by atomic mass is 10.0. The lowest BCUT2D eigenvalue weighted by Crippen LogP contribution is -2.11. The van der Waals surface area contributed by atoms with E-state index in [1.807, 2.05) is 54.6 Å². The van der Waals surface area contributed by atoms with Gasteiger partial charge in [-0.3, -0.25) is 4.79 Å². The van der Waals surface area contributed by atoms with Crippen LogP contribution in [-0.4, -0.2) is 5.91 Å². The highest BCUT2D eigenvalue weighted by molar-refractivity contribution is 7.16. The van der Waals surface area contributed by atoms with Crippen LogP contribution in [0.4, 0.5) is 5.00 Å². The maximum atomic E-state index is 12.5. The van der Waals surface area contributed by atoms with Crippen molar-refractivity contribution in [2.45, 2.75) is 19.3 Å². The van der Waals surface area contributed by atoms with Crippen LogP contribution in [0.15, 0.2) is 54.6 Å². The minimum Gasteiger partial charge on any atom is -0.312 e. The summed E-state index contributed by atoms with van der Waals surface area (Å²) in [6.07, 6.45) is 3.05. The van der Waals surface area contributed by atoms with Crippen molar-refractivity contribution >= 4 is 22.2 Å². The number of carbonyl (C=O) groups is 1. The fraction of sp³-hybridized carbons (Fsp3) is 0.143. The van der Waals surface area contributed by atoms with Crippen LogP contribution < -0.4 is 5.32 Å². The van der Waals surface area contributed by atoms with Gasteiger partial charge in [0.05, 0.1) is 5.56 Å². The first-order valence-electron chi connectivity index (χ1n) is 8.28. The number of carbonyl (C=O) groups excluding carboxylic acids is 1. The molecule has 2 aromatic carbocycles. The molecule has 0 spiro atoms. The van der Waals surface area contributed by atoms with Crippen LogP contribution in [0, 0.1) is 11.3 Å². The Balaban J connectivity index is 1.55. The molecule has 1 aromatic heterocycles. The summed E-state index contributed by atoms with van der Waals surface area (Å²) >= 11 is 1.54. The van der Waals surface area contributed by atoms with Gasteiger partial charge in [-0.15, -0.1) is 11.3 Å². The molecule has 1 N–H and O–H groups in total. The van der Waals surface area contributed by atoms with Gasteiger partial charge < -0.3 is 5.32 Å². The van der Waals surface area contributed by atoms with E-state index in [1.165, 1.54) is 4.88 Å². The molecule has 0 saturated carbocycles. The van der Waals surface area contributed by atoms with Crippen LogP contribution in [0.25, 0.3) is 11.1 Å². The number of hydrogen-bond donors (Lipinski definition) is 1. The van der Waals surface area contributed by atoms with Crippen molar-refractivity contribution in [3.63, 3.8) is 0 Å². The molecule has 0 aliphatic heterocycles. The van der Waals surface area contributed by atoms with Crippen molar-refractivity contribution in [3.05, 3.63) is 76.2 Å². The first-order chi connectivity index (χ1) is 12.3. The monoisotopic (exact) mass is 344 g/mol. The summed E-state index contributed by atoms with van der Waals surface area (Å²) in [6.45, 7) is 0. The number of nitrogens with zero attached hydrogens (tertiary/aromatic N) is 1. The van der Waals surface area contributed by atoms with E-state index >= 15 is 0 Å². The van der Waals surface area contributed by atoms with E-state index in [4.69, 9.17) is 0 Å². The zero-order chi connectivity index (χ0) is 17.2. The third kappa shape index (κ3) is 2.95. The number of fused-ring (bicyclic) bond motifs is 1. The number of benzene rings is 2. The molecule has 122 valence electrons. The lowest BCUT2D eigenvalue weighted by molar-refractivity contribution is 0.102. The number of thiophene rings is 1. The number of anilines is 1. The highest BCUT2D eigenvalue weighted by atomic mass is 32.1. The maximum Gasteiger partial charge on any atom is 0.256 e. The maximum absolute atomic E-state index is 12.5. The van der Waals surface area contributed by atoms with Gasteiger partial charge >= 0.3 is 0 Å². The number of aryl methyl sites for hydroxylation is 1. The Hall–Kier alpha value is -2.90. The molecule has 1 heterocycles. The van der Waals surface area contributed by atoms with Gasteiger partial charge in [-0.2, -0.15) is 5.26 Å². The van der Waals surface area contributed by atoms with Gasteiger partial charge in [0.1, 0.15) is 11.1 Å². The van der Waals surface area contributed by atoms with Gasteiger partial charge in [0, 0.05) is 10.4 Å². The highest BCUT2D eigenvalue weighted by Gasteiger charge is 2.23. The Morgan fingerprint density at radius 1 is 1.00 bits per heavy atom. The predicted octanol–water partition coefficient (Wildman–Crippen LogP) is 5.03. The van der Waals surface area contributed by atoms with Gasteiger partial charge in [-0.1, -0.05) is 42.5 Å². The molecule has 0 fully saturated rings. The van der Waals surface area contributed by atoms with Crippen molar-refractivity contribution < 1.29 is 4.79 Å². The number of rotatable bonds is 3. The van der Waals surface area contributed by atoms with Crippen molar-refractivity contribution in [1.82, 2.24) is 0 Å². The van der Waals surface area contributed by atoms with Crippen LogP contribution in [-0.2, 0) is 12.8 Å². The smallest absolute Gasteiger partial charge is 0.256 e. The second-order valence-corrected chi connectivity index (χ2v) is 7.18. The second kappa shape index (κ2) is 6.54. The van der Waals surface area contributed by atoms with E-state index in [0.29, 0.717) is 16.1 Å². The van der Waals surface area contributed by atoms with Crippen LogP contribution in [0.3, 0.4) is 0 Å². The summed E-state index contributed by atoms with van der Waals surface area (Å²) in [5.41, 5.74) is 4.56. The molecule has 3 aromatic rings. The molecular formula is C21H16N2OS. The van der Waals surface area contributed by atoms with E-state index in [-0.39, 0.29) is 5.91 Å². The molecule has 1 aliphatic rings. The topological polar surface area (TPSA) is 52.9 Å².